The van der Waals surface area contributed by atoms with E-state index in [1.807, 2.05) is 24.3 Å². The molecule has 1 amide bonds. The van der Waals surface area contributed by atoms with Crippen LogP contribution in [-0.2, 0) is 5.75 Å². The zero-order valence-electron chi connectivity index (χ0n) is 11.6. The molecule has 2 rings (SSSR count). The average Bonchev–Trinajstić information content (AvgIpc) is 2.48. The summed E-state index contributed by atoms with van der Waals surface area (Å²) in [4.78, 5) is 11.8. The molecule has 0 aliphatic carbocycles. The Hall–Kier alpha value is -1.23. The maximum atomic E-state index is 13.6. The molecule has 2 nitrogen and oxygen atoms in total. The molecule has 2 aromatic carbocycles. The van der Waals surface area contributed by atoms with Gasteiger partial charge in [0.25, 0.3) is 5.91 Å². The molecule has 0 aliphatic rings. The minimum absolute atomic E-state index is 0.00658. The Labute approximate surface area is 143 Å². The minimum Gasteiger partial charge on any atom is -0.351 e. The van der Waals surface area contributed by atoms with E-state index in [4.69, 9.17) is 23.2 Å². The van der Waals surface area contributed by atoms with Gasteiger partial charge < -0.3 is 5.32 Å². The van der Waals surface area contributed by atoms with Crippen molar-refractivity contribution < 1.29 is 9.18 Å². The largest absolute Gasteiger partial charge is 0.351 e. The quantitative estimate of drug-likeness (QED) is 0.752. The number of thioether (sulfide) groups is 1. The second kappa shape index (κ2) is 8.42. The third-order valence-corrected chi connectivity index (χ3v) is 4.41. The molecule has 6 heteroatoms. The predicted molar refractivity (Wildman–Crippen MR) is 91.4 cm³/mol. The lowest BCUT2D eigenvalue weighted by molar-refractivity contribution is 0.0952. The van der Waals surface area contributed by atoms with Gasteiger partial charge in [-0.05, 0) is 35.9 Å². The topological polar surface area (TPSA) is 29.1 Å². The van der Waals surface area contributed by atoms with E-state index in [1.54, 1.807) is 11.8 Å². The summed E-state index contributed by atoms with van der Waals surface area (Å²) in [5.74, 6) is 0.534. The molecule has 0 heterocycles. The molecule has 0 saturated heterocycles. The molecule has 0 saturated carbocycles. The molecule has 0 atom stereocenters. The molecule has 0 radical (unpaired) electrons. The zero-order chi connectivity index (χ0) is 15.9. The number of nitrogens with one attached hydrogen (secondary N) is 1. The summed E-state index contributed by atoms with van der Waals surface area (Å²) in [6.07, 6.45) is 0. The Morgan fingerprint density at radius 1 is 1.09 bits per heavy atom. The third-order valence-electron chi connectivity index (χ3n) is 2.89. The average molecular weight is 358 g/mol. The maximum absolute atomic E-state index is 13.6. The fourth-order valence-electron chi connectivity index (χ4n) is 1.78. The highest BCUT2D eigenvalue weighted by molar-refractivity contribution is 7.98. The van der Waals surface area contributed by atoms with Gasteiger partial charge in [0.1, 0.15) is 5.82 Å². The Bertz CT molecular complexity index is 649. The predicted octanol–water partition coefficient (Wildman–Crippen LogP) is 4.80. The van der Waals surface area contributed by atoms with E-state index in [2.05, 4.69) is 5.32 Å². The van der Waals surface area contributed by atoms with E-state index in [0.29, 0.717) is 11.6 Å². The number of hydrogen-bond acceptors (Lipinski definition) is 2. The van der Waals surface area contributed by atoms with Crippen molar-refractivity contribution in [1.29, 1.82) is 0 Å². The molecule has 0 bridgehead atoms. The smallest absolute Gasteiger partial charge is 0.254 e. The van der Waals surface area contributed by atoms with Gasteiger partial charge >= 0.3 is 0 Å². The first-order chi connectivity index (χ1) is 10.6. The highest BCUT2D eigenvalue weighted by Crippen LogP contribution is 2.16. The first kappa shape index (κ1) is 17.1. The molecule has 0 spiro atoms. The van der Waals surface area contributed by atoms with Gasteiger partial charge in [0.15, 0.2) is 0 Å². The molecular weight excluding hydrogens is 344 g/mol. The van der Waals surface area contributed by atoms with Crippen molar-refractivity contribution in [2.75, 3.05) is 12.3 Å². The van der Waals surface area contributed by atoms with E-state index in [-0.39, 0.29) is 10.6 Å². The van der Waals surface area contributed by atoms with Crippen LogP contribution < -0.4 is 5.32 Å². The van der Waals surface area contributed by atoms with Gasteiger partial charge in [0, 0.05) is 28.1 Å². The zero-order valence-corrected chi connectivity index (χ0v) is 13.9. The number of carbonyl (C=O) groups is 1. The van der Waals surface area contributed by atoms with Gasteiger partial charge in [-0.15, -0.1) is 0 Å². The highest BCUT2D eigenvalue weighted by Gasteiger charge is 2.11. The second-order valence-electron chi connectivity index (χ2n) is 4.56. The number of carbonyl (C=O) groups excluding carboxylic acids is 1. The lowest BCUT2D eigenvalue weighted by Crippen LogP contribution is -2.26. The molecular formula is C16H14Cl2FNOS. The van der Waals surface area contributed by atoms with Crippen molar-refractivity contribution in [2.45, 2.75) is 5.75 Å². The van der Waals surface area contributed by atoms with Crippen LogP contribution in [0.5, 0.6) is 0 Å². The number of amides is 1. The van der Waals surface area contributed by atoms with Crippen LogP contribution in [0.2, 0.25) is 10.0 Å². The van der Waals surface area contributed by atoms with Crippen LogP contribution in [0.15, 0.2) is 42.5 Å². The van der Waals surface area contributed by atoms with E-state index in [0.717, 1.165) is 17.6 Å². The summed E-state index contributed by atoms with van der Waals surface area (Å²) < 4.78 is 13.6. The monoisotopic (exact) mass is 357 g/mol. The van der Waals surface area contributed by atoms with Crippen LogP contribution in [0.4, 0.5) is 4.39 Å². The van der Waals surface area contributed by atoms with E-state index in [1.165, 1.54) is 17.7 Å². The standard InChI is InChI=1S/C16H14Cl2FNOS/c17-12-3-1-11(2-4-12)10-22-8-7-20-16(21)14-6-5-13(18)9-15(14)19/h1-6,9H,7-8,10H2,(H,20,21). The fraction of sp³-hybridized carbons (Fsp3) is 0.188. The number of benzene rings is 2. The normalized spacial score (nSPS) is 10.5. The van der Waals surface area contributed by atoms with Crippen LogP contribution >= 0.6 is 35.0 Å². The molecule has 0 unspecified atom stereocenters. The third kappa shape index (κ3) is 5.20. The SMILES string of the molecule is O=C(NCCSCc1ccc(Cl)cc1)c1ccc(Cl)cc1F. The van der Waals surface area contributed by atoms with Crippen LogP contribution in [0.25, 0.3) is 0 Å². The Morgan fingerprint density at radius 3 is 2.45 bits per heavy atom. The van der Waals surface area contributed by atoms with Gasteiger partial charge in [-0.3, -0.25) is 4.79 Å². The number of hydrogen-bond donors (Lipinski definition) is 1. The maximum Gasteiger partial charge on any atom is 0.254 e. The number of halogens is 3. The van der Waals surface area contributed by atoms with Crippen molar-refractivity contribution in [3.8, 4) is 0 Å². The van der Waals surface area contributed by atoms with Gasteiger partial charge in [-0.25, -0.2) is 4.39 Å². The summed E-state index contributed by atoms with van der Waals surface area (Å²) in [5, 5.41) is 3.68. The second-order valence-corrected chi connectivity index (χ2v) is 6.54. The summed E-state index contributed by atoms with van der Waals surface area (Å²) >= 11 is 13.2. The van der Waals surface area contributed by atoms with Crippen LogP contribution in [0.1, 0.15) is 15.9 Å². The van der Waals surface area contributed by atoms with E-state index in [9.17, 15) is 9.18 Å². The van der Waals surface area contributed by atoms with Crippen molar-refractivity contribution in [3.05, 3.63) is 69.5 Å². The Morgan fingerprint density at radius 2 is 1.77 bits per heavy atom. The van der Waals surface area contributed by atoms with E-state index < -0.39 is 11.7 Å². The lowest BCUT2D eigenvalue weighted by Gasteiger charge is -2.06. The van der Waals surface area contributed by atoms with Crippen LogP contribution in [0, 0.1) is 5.82 Å². The molecule has 0 aliphatic heterocycles. The molecule has 22 heavy (non-hydrogen) atoms. The fourth-order valence-corrected chi connectivity index (χ4v) is 2.88. The molecule has 2 aromatic rings. The number of rotatable bonds is 6. The molecule has 0 fully saturated rings. The van der Waals surface area contributed by atoms with Gasteiger partial charge in [-0.2, -0.15) is 11.8 Å². The van der Waals surface area contributed by atoms with Gasteiger partial charge in [0.2, 0.25) is 0 Å². The Kier molecular flexibility index (Phi) is 6.55. The highest BCUT2D eigenvalue weighted by atomic mass is 35.5. The van der Waals surface area contributed by atoms with Crippen molar-refractivity contribution in [3.63, 3.8) is 0 Å². The first-order valence-electron chi connectivity index (χ1n) is 6.61. The van der Waals surface area contributed by atoms with Gasteiger partial charge in [0.05, 0.1) is 5.56 Å². The lowest BCUT2D eigenvalue weighted by atomic mass is 10.2. The molecule has 1 N–H and O–H groups in total. The van der Waals surface area contributed by atoms with E-state index >= 15 is 0 Å². The van der Waals surface area contributed by atoms with Crippen LogP contribution in [0.3, 0.4) is 0 Å². The van der Waals surface area contributed by atoms with Crippen molar-refractivity contribution >= 4 is 40.9 Å². The van der Waals surface area contributed by atoms with Crippen LogP contribution in [-0.4, -0.2) is 18.2 Å². The summed E-state index contributed by atoms with van der Waals surface area (Å²) in [6, 6.07) is 11.6. The van der Waals surface area contributed by atoms with Gasteiger partial charge in [-0.1, -0.05) is 35.3 Å². The summed E-state index contributed by atoms with van der Waals surface area (Å²) in [6.45, 7) is 0.471. The van der Waals surface area contributed by atoms with Crippen molar-refractivity contribution in [2.24, 2.45) is 0 Å². The summed E-state index contributed by atoms with van der Waals surface area (Å²) in [7, 11) is 0. The Balaban J connectivity index is 1.72. The minimum atomic E-state index is -0.612. The molecule has 116 valence electrons. The summed E-state index contributed by atoms with van der Waals surface area (Å²) in [5.41, 5.74) is 1.18. The van der Waals surface area contributed by atoms with Crippen molar-refractivity contribution in [1.82, 2.24) is 5.32 Å². The molecule has 0 aromatic heterocycles. The first-order valence-corrected chi connectivity index (χ1v) is 8.53.